The molecule has 16 heavy (non-hydrogen) atoms. The van der Waals surface area contributed by atoms with Crippen molar-refractivity contribution in [1.29, 1.82) is 0 Å². The van der Waals surface area contributed by atoms with Gasteiger partial charge in [-0.25, -0.2) is 4.98 Å². The van der Waals surface area contributed by atoms with Gasteiger partial charge < -0.3 is 10.6 Å². The van der Waals surface area contributed by atoms with Crippen LogP contribution in [-0.2, 0) is 0 Å². The molecular formula is C13H23N3. The highest BCUT2D eigenvalue weighted by Gasteiger charge is 2.10. The van der Waals surface area contributed by atoms with Crippen molar-refractivity contribution in [3.8, 4) is 0 Å². The first-order valence-corrected chi connectivity index (χ1v) is 6.08. The fourth-order valence-electron chi connectivity index (χ4n) is 1.79. The summed E-state index contributed by atoms with van der Waals surface area (Å²) < 4.78 is 0. The first-order chi connectivity index (χ1) is 7.66. The van der Waals surface area contributed by atoms with Crippen molar-refractivity contribution in [2.45, 2.75) is 39.2 Å². The molecule has 3 nitrogen and oxygen atoms in total. The lowest BCUT2D eigenvalue weighted by Crippen LogP contribution is -2.23. The van der Waals surface area contributed by atoms with Gasteiger partial charge in [0.1, 0.15) is 5.82 Å². The van der Waals surface area contributed by atoms with Crippen LogP contribution < -0.4 is 10.6 Å². The minimum Gasteiger partial charge on any atom is -0.359 e. The smallest absolute Gasteiger partial charge is 0.133 e. The normalized spacial score (nSPS) is 12.5. The van der Waals surface area contributed by atoms with Gasteiger partial charge in [0, 0.05) is 31.4 Å². The first-order valence-electron chi connectivity index (χ1n) is 6.08. The quantitative estimate of drug-likeness (QED) is 0.751. The van der Waals surface area contributed by atoms with Crippen molar-refractivity contribution >= 4 is 5.82 Å². The van der Waals surface area contributed by atoms with Crippen LogP contribution in [0.2, 0.25) is 0 Å². The molecule has 1 rings (SSSR count). The molecular weight excluding hydrogens is 198 g/mol. The Morgan fingerprint density at radius 3 is 2.81 bits per heavy atom. The minimum absolute atomic E-state index is 0.0392. The predicted octanol–water partition coefficient (Wildman–Crippen LogP) is 2.73. The summed E-state index contributed by atoms with van der Waals surface area (Å²) in [6.45, 7) is 5.26. The lowest BCUT2D eigenvalue weighted by atomic mass is 10.1. The zero-order chi connectivity index (χ0) is 12.0. The third-order valence-corrected chi connectivity index (χ3v) is 2.77. The van der Waals surface area contributed by atoms with Gasteiger partial charge in [0.15, 0.2) is 0 Å². The van der Waals surface area contributed by atoms with E-state index in [2.05, 4.69) is 29.9 Å². The Labute approximate surface area is 98.7 Å². The maximum absolute atomic E-state index is 5.94. The maximum atomic E-state index is 5.94. The summed E-state index contributed by atoms with van der Waals surface area (Å²) in [6.07, 6.45) is 5.56. The highest BCUT2D eigenvalue weighted by molar-refractivity contribution is 5.47. The lowest BCUT2D eigenvalue weighted by molar-refractivity contribution is 0.695. The van der Waals surface area contributed by atoms with Gasteiger partial charge in [0.25, 0.3) is 0 Å². The van der Waals surface area contributed by atoms with Crippen molar-refractivity contribution in [3.05, 3.63) is 23.9 Å². The predicted molar refractivity (Wildman–Crippen MR) is 69.6 cm³/mol. The molecule has 0 aliphatic carbocycles. The molecule has 1 aromatic rings. The molecule has 0 aromatic carbocycles. The van der Waals surface area contributed by atoms with Crippen molar-refractivity contribution < 1.29 is 0 Å². The molecule has 1 aromatic heterocycles. The molecule has 0 fully saturated rings. The highest BCUT2D eigenvalue weighted by Crippen LogP contribution is 2.21. The van der Waals surface area contributed by atoms with Gasteiger partial charge in [0.2, 0.25) is 0 Å². The SMILES string of the molecule is CCCCCN(C)c1ncccc1[C@@H](C)N. The Balaban J connectivity index is 2.70. The summed E-state index contributed by atoms with van der Waals surface area (Å²) >= 11 is 0. The van der Waals surface area contributed by atoms with Crippen LogP contribution in [0, 0.1) is 0 Å². The fraction of sp³-hybridized carbons (Fsp3) is 0.615. The van der Waals surface area contributed by atoms with Gasteiger partial charge in [-0.05, 0) is 19.4 Å². The largest absolute Gasteiger partial charge is 0.359 e. The van der Waals surface area contributed by atoms with Gasteiger partial charge in [-0.15, -0.1) is 0 Å². The molecule has 3 heteroatoms. The van der Waals surface area contributed by atoms with Gasteiger partial charge in [0.05, 0.1) is 0 Å². The zero-order valence-electron chi connectivity index (χ0n) is 10.6. The van der Waals surface area contributed by atoms with Crippen LogP contribution >= 0.6 is 0 Å². The third kappa shape index (κ3) is 3.49. The molecule has 0 amide bonds. The number of anilines is 1. The number of unbranched alkanes of at least 4 members (excludes halogenated alkanes) is 2. The van der Waals surface area contributed by atoms with E-state index in [1.165, 1.54) is 19.3 Å². The highest BCUT2D eigenvalue weighted by atomic mass is 15.2. The summed E-state index contributed by atoms with van der Waals surface area (Å²) in [5.41, 5.74) is 7.07. The van der Waals surface area contributed by atoms with Gasteiger partial charge >= 0.3 is 0 Å². The average Bonchev–Trinajstić information content (AvgIpc) is 2.29. The van der Waals surface area contributed by atoms with E-state index >= 15 is 0 Å². The Bertz CT molecular complexity index is 310. The van der Waals surface area contributed by atoms with Crippen LogP contribution in [0.5, 0.6) is 0 Å². The molecule has 2 N–H and O–H groups in total. The fourth-order valence-corrected chi connectivity index (χ4v) is 1.79. The van der Waals surface area contributed by atoms with Gasteiger partial charge in [-0.3, -0.25) is 0 Å². The van der Waals surface area contributed by atoms with Crippen molar-refractivity contribution in [2.75, 3.05) is 18.5 Å². The van der Waals surface area contributed by atoms with E-state index in [0.29, 0.717) is 0 Å². The Morgan fingerprint density at radius 1 is 1.44 bits per heavy atom. The second-order valence-electron chi connectivity index (χ2n) is 4.33. The second-order valence-corrected chi connectivity index (χ2v) is 4.33. The van der Waals surface area contributed by atoms with Crippen molar-refractivity contribution in [1.82, 2.24) is 4.98 Å². The second kappa shape index (κ2) is 6.48. The molecule has 0 aliphatic heterocycles. The lowest BCUT2D eigenvalue weighted by Gasteiger charge is -2.22. The number of hydrogen-bond acceptors (Lipinski definition) is 3. The number of hydrogen-bond donors (Lipinski definition) is 1. The summed E-state index contributed by atoms with van der Waals surface area (Å²) in [6, 6.07) is 4.04. The van der Waals surface area contributed by atoms with E-state index in [1.54, 1.807) is 0 Å². The van der Waals surface area contributed by atoms with E-state index in [1.807, 2.05) is 19.2 Å². The van der Waals surface area contributed by atoms with E-state index < -0.39 is 0 Å². The molecule has 0 spiro atoms. The number of pyridine rings is 1. The van der Waals surface area contributed by atoms with E-state index in [4.69, 9.17) is 5.73 Å². The Morgan fingerprint density at radius 2 is 2.19 bits per heavy atom. The molecule has 1 atom stereocenters. The van der Waals surface area contributed by atoms with Crippen molar-refractivity contribution in [3.63, 3.8) is 0 Å². The first kappa shape index (κ1) is 13.0. The molecule has 0 radical (unpaired) electrons. The number of nitrogens with zero attached hydrogens (tertiary/aromatic N) is 2. The van der Waals surface area contributed by atoms with Gasteiger partial charge in [-0.2, -0.15) is 0 Å². The summed E-state index contributed by atoms with van der Waals surface area (Å²) in [5.74, 6) is 1.02. The number of nitrogens with two attached hydrogens (primary N) is 1. The Hall–Kier alpha value is -1.09. The van der Waals surface area contributed by atoms with E-state index in [9.17, 15) is 0 Å². The average molecular weight is 221 g/mol. The van der Waals surface area contributed by atoms with Gasteiger partial charge in [-0.1, -0.05) is 25.8 Å². The molecule has 0 unspecified atom stereocenters. The standard InChI is InChI=1S/C13H23N3/c1-4-5-6-10-16(3)13-12(11(2)14)8-7-9-15-13/h7-9,11H,4-6,10,14H2,1-3H3/t11-/m1/s1. The van der Waals surface area contributed by atoms with Crippen LogP contribution in [0.4, 0.5) is 5.82 Å². The van der Waals surface area contributed by atoms with Crippen LogP contribution in [-0.4, -0.2) is 18.6 Å². The van der Waals surface area contributed by atoms with Crippen LogP contribution in [0.1, 0.15) is 44.7 Å². The molecule has 0 saturated carbocycles. The molecule has 0 bridgehead atoms. The maximum Gasteiger partial charge on any atom is 0.133 e. The summed E-state index contributed by atoms with van der Waals surface area (Å²) in [4.78, 5) is 6.63. The van der Waals surface area contributed by atoms with E-state index in [0.717, 1.165) is 17.9 Å². The number of rotatable bonds is 6. The topological polar surface area (TPSA) is 42.2 Å². The van der Waals surface area contributed by atoms with E-state index in [-0.39, 0.29) is 6.04 Å². The minimum atomic E-state index is 0.0392. The Kier molecular flexibility index (Phi) is 5.26. The molecule has 90 valence electrons. The third-order valence-electron chi connectivity index (χ3n) is 2.77. The monoisotopic (exact) mass is 221 g/mol. The summed E-state index contributed by atoms with van der Waals surface area (Å²) in [7, 11) is 2.09. The van der Waals surface area contributed by atoms with Crippen molar-refractivity contribution in [2.24, 2.45) is 5.73 Å². The molecule has 1 heterocycles. The van der Waals surface area contributed by atoms with Crippen LogP contribution in [0.25, 0.3) is 0 Å². The molecule has 0 aliphatic rings. The number of aromatic nitrogens is 1. The summed E-state index contributed by atoms with van der Waals surface area (Å²) in [5, 5.41) is 0. The van der Waals surface area contributed by atoms with Crippen LogP contribution in [0.3, 0.4) is 0 Å². The molecule has 0 saturated heterocycles. The van der Waals surface area contributed by atoms with Crippen LogP contribution in [0.15, 0.2) is 18.3 Å². The zero-order valence-corrected chi connectivity index (χ0v) is 10.6.